The van der Waals surface area contributed by atoms with Gasteiger partial charge in [-0.05, 0) is 13.8 Å². The number of rotatable bonds is 3. The van der Waals surface area contributed by atoms with E-state index in [1.165, 1.54) is 7.11 Å². The van der Waals surface area contributed by atoms with Crippen LogP contribution in [0.3, 0.4) is 0 Å². The van der Waals surface area contributed by atoms with Crippen molar-refractivity contribution in [2.75, 3.05) is 7.11 Å². The molecule has 7 heteroatoms. The Labute approximate surface area is 110 Å². The Bertz CT molecular complexity index is 461. The maximum atomic E-state index is 13.8. The molecule has 1 heterocycles. The highest BCUT2D eigenvalue weighted by Crippen LogP contribution is 2.37. The summed E-state index contributed by atoms with van der Waals surface area (Å²) >= 11 is 0. The van der Waals surface area contributed by atoms with Crippen molar-refractivity contribution in [2.45, 2.75) is 44.9 Å². The van der Waals surface area contributed by atoms with Gasteiger partial charge in [-0.1, -0.05) is 0 Å². The Hall–Kier alpha value is -1.63. The van der Waals surface area contributed by atoms with Crippen molar-refractivity contribution < 1.29 is 18.9 Å². The summed E-state index contributed by atoms with van der Waals surface area (Å²) in [6.45, 7) is 3.66. The molecule has 0 radical (unpaired) electrons. The molecule has 19 heavy (non-hydrogen) atoms. The Kier molecular flexibility index (Phi) is 3.75. The monoisotopic (exact) mass is 272 g/mol. The second-order valence-electron chi connectivity index (χ2n) is 4.79. The number of hydroxylamine groups is 1. The SMILES string of the molecule is COC1=C(C2=C(C)ONC2C)CC([N+](=O)[O-])[C@H](F)C1. The van der Waals surface area contributed by atoms with E-state index in [2.05, 4.69) is 5.48 Å². The minimum Gasteiger partial charge on any atom is -0.501 e. The van der Waals surface area contributed by atoms with Gasteiger partial charge in [0.05, 0.1) is 13.2 Å². The molecule has 2 aliphatic rings. The number of allylic oxidation sites excluding steroid dienone is 2. The third-order valence-corrected chi connectivity index (χ3v) is 3.59. The van der Waals surface area contributed by atoms with Crippen molar-refractivity contribution in [1.29, 1.82) is 0 Å². The number of nitro groups is 1. The molecule has 0 fully saturated rings. The molecule has 0 spiro atoms. The summed E-state index contributed by atoms with van der Waals surface area (Å²) in [4.78, 5) is 15.6. The minimum absolute atomic E-state index is 0.0272. The molecule has 0 saturated carbocycles. The van der Waals surface area contributed by atoms with Gasteiger partial charge >= 0.3 is 0 Å². The van der Waals surface area contributed by atoms with Crippen molar-refractivity contribution in [1.82, 2.24) is 5.48 Å². The Morgan fingerprint density at radius 2 is 2.21 bits per heavy atom. The lowest BCUT2D eigenvalue weighted by Crippen LogP contribution is -2.36. The smallest absolute Gasteiger partial charge is 0.248 e. The first-order valence-electron chi connectivity index (χ1n) is 6.12. The molecule has 0 bridgehead atoms. The normalized spacial score (nSPS) is 31.5. The van der Waals surface area contributed by atoms with Crippen LogP contribution in [0.1, 0.15) is 26.7 Å². The average Bonchev–Trinajstić information content (AvgIpc) is 2.68. The zero-order valence-corrected chi connectivity index (χ0v) is 11.1. The van der Waals surface area contributed by atoms with Gasteiger partial charge in [0.1, 0.15) is 11.5 Å². The summed E-state index contributed by atoms with van der Waals surface area (Å²) in [7, 11) is 1.46. The Morgan fingerprint density at radius 3 is 2.68 bits per heavy atom. The van der Waals surface area contributed by atoms with Crippen LogP contribution in [-0.4, -0.2) is 30.3 Å². The number of halogens is 1. The maximum Gasteiger partial charge on any atom is 0.248 e. The standard InChI is InChI=1S/C12H17FN2O4/c1-6-12(7(2)19-14-6)8-4-10(15(16)17)9(13)5-11(8)18-3/h6,9-10,14H,4-5H2,1-3H3/t6?,9-,10?/m1/s1. The first kappa shape index (κ1) is 13.8. The fraction of sp³-hybridized carbons (Fsp3) is 0.667. The molecule has 0 amide bonds. The van der Waals surface area contributed by atoms with Crippen molar-refractivity contribution in [3.05, 3.63) is 32.8 Å². The molecule has 106 valence electrons. The number of hydrogen-bond acceptors (Lipinski definition) is 5. The van der Waals surface area contributed by atoms with Crippen molar-refractivity contribution in [3.63, 3.8) is 0 Å². The van der Waals surface area contributed by atoms with Crippen molar-refractivity contribution in [2.24, 2.45) is 0 Å². The van der Waals surface area contributed by atoms with Crippen LogP contribution in [0.2, 0.25) is 0 Å². The molecule has 1 aliphatic carbocycles. The molecule has 0 saturated heterocycles. The van der Waals surface area contributed by atoms with E-state index >= 15 is 0 Å². The van der Waals surface area contributed by atoms with E-state index in [0.29, 0.717) is 17.1 Å². The second kappa shape index (κ2) is 5.16. The lowest BCUT2D eigenvalue weighted by molar-refractivity contribution is -0.531. The fourth-order valence-corrected chi connectivity index (χ4v) is 2.63. The lowest BCUT2D eigenvalue weighted by Gasteiger charge is -2.26. The molecule has 6 nitrogen and oxygen atoms in total. The van der Waals surface area contributed by atoms with E-state index < -0.39 is 17.1 Å². The number of nitrogens with one attached hydrogen (secondary N) is 1. The highest BCUT2D eigenvalue weighted by Gasteiger charge is 2.42. The van der Waals surface area contributed by atoms with Crippen molar-refractivity contribution in [3.8, 4) is 0 Å². The van der Waals surface area contributed by atoms with Gasteiger partial charge in [0.25, 0.3) is 0 Å². The average molecular weight is 272 g/mol. The maximum absolute atomic E-state index is 13.8. The van der Waals surface area contributed by atoms with Crippen LogP contribution < -0.4 is 5.48 Å². The molecular formula is C12H17FN2O4. The summed E-state index contributed by atoms with van der Waals surface area (Å²) < 4.78 is 19.0. The molecule has 1 aliphatic heterocycles. The largest absolute Gasteiger partial charge is 0.501 e. The second-order valence-corrected chi connectivity index (χ2v) is 4.79. The summed E-state index contributed by atoms with van der Waals surface area (Å²) in [5.41, 5.74) is 4.31. The van der Waals surface area contributed by atoms with E-state index in [0.717, 1.165) is 5.57 Å². The van der Waals surface area contributed by atoms with Gasteiger partial charge in [-0.3, -0.25) is 10.1 Å². The zero-order valence-electron chi connectivity index (χ0n) is 11.1. The zero-order chi connectivity index (χ0) is 14.2. The third kappa shape index (κ3) is 2.42. The van der Waals surface area contributed by atoms with E-state index in [1.807, 2.05) is 6.92 Å². The predicted molar refractivity (Wildman–Crippen MR) is 65.3 cm³/mol. The number of nitrogens with zero attached hydrogens (tertiary/aromatic N) is 1. The van der Waals surface area contributed by atoms with Crippen LogP contribution in [0.25, 0.3) is 0 Å². The molecular weight excluding hydrogens is 255 g/mol. The van der Waals surface area contributed by atoms with Gasteiger partial charge in [-0.2, -0.15) is 0 Å². The first-order chi connectivity index (χ1) is 8.95. The van der Waals surface area contributed by atoms with E-state index in [9.17, 15) is 14.5 Å². The van der Waals surface area contributed by atoms with Gasteiger partial charge in [0, 0.05) is 28.9 Å². The summed E-state index contributed by atoms with van der Waals surface area (Å²) in [6, 6.07) is -1.31. The summed E-state index contributed by atoms with van der Waals surface area (Å²) in [5.74, 6) is 1.12. The van der Waals surface area contributed by atoms with Crippen LogP contribution in [0.5, 0.6) is 0 Å². The predicted octanol–water partition coefficient (Wildman–Crippen LogP) is 1.86. The number of hydrogen-bond donors (Lipinski definition) is 1. The van der Waals surface area contributed by atoms with Crippen LogP contribution in [0.15, 0.2) is 22.7 Å². The lowest BCUT2D eigenvalue weighted by atomic mass is 9.85. The van der Waals surface area contributed by atoms with Gasteiger partial charge in [-0.15, -0.1) is 5.48 Å². The minimum atomic E-state index is -1.51. The number of methoxy groups -OCH3 is 1. The summed E-state index contributed by atoms with van der Waals surface area (Å²) in [5, 5.41) is 10.9. The van der Waals surface area contributed by atoms with Gasteiger partial charge in [0.2, 0.25) is 6.04 Å². The molecule has 0 aromatic heterocycles. The highest BCUT2D eigenvalue weighted by molar-refractivity contribution is 5.42. The van der Waals surface area contributed by atoms with Gasteiger partial charge in [0.15, 0.2) is 6.17 Å². The third-order valence-electron chi connectivity index (χ3n) is 3.59. The molecule has 0 aromatic rings. The Balaban J connectivity index is 2.40. The van der Waals surface area contributed by atoms with E-state index in [4.69, 9.17) is 9.57 Å². The molecule has 0 aromatic carbocycles. The molecule has 2 unspecified atom stereocenters. The number of ether oxygens (including phenoxy) is 1. The van der Waals surface area contributed by atoms with Gasteiger partial charge < -0.3 is 9.57 Å². The Morgan fingerprint density at radius 1 is 1.53 bits per heavy atom. The van der Waals surface area contributed by atoms with E-state index in [1.54, 1.807) is 6.92 Å². The van der Waals surface area contributed by atoms with Crippen molar-refractivity contribution >= 4 is 0 Å². The number of alkyl halides is 1. The molecule has 3 atom stereocenters. The fourth-order valence-electron chi connectivity index (χ4n) is 2.63. The van der Waals surface area contributed by atoms with Crippen LogP contribution in [0.4, 0.5) is 4.39 Å². The first-order valence-corrected chi connectivity index (χ1v) is 6.12. The van der Waals surface area contributed by atoms with E-state index in [-0.39, 0.29) is 18.9 Å². The van der Waals surface area contributed by atoms with Gasteiger partial charge in [-0.25, -0.2) is 4.39 Å². The quantitative estimate of drug-likeness (QED) is 0.627. The van der Waals surface area contributed by atoms with Crippen LogP contribution >= 0.6 is 0 Å². The molecule has 2 rings (SSSR count). The van der Waals surface area contributed by atoms with Crippen LogP contribution in [-0.2, 0) is 9.57 Å². The van der Waals surface area contributed by atoms with Crippen LogP contribution in [0, 0.1) is 10.1 Å². The highest BCUT2D eigenvalue weighted by atomic mass is 19.1. The topological polar surface area (TPSA) is 73.6 Å². The molecule has 1 N–H and O–H groups in total. The summed E-state index contributed by atoms with van der Waals surface area (Å²) in [6.07, 6.45) is -1.56.